The fraction of sp³-hybridized carbons (Fsp3) is 0.474. The molecule has 0 saturated carbocycles. The van der Waals surface area contributed by atoms with E-state index in [-0.39, 0.29) is 19.1 Å². The van der Waals surface area contributed by atoms with E-state index in [1.165, 1.54) is 7.11 Å². The first-order valence-electron chi connectivity index (χ1n) is 8.92. The molecular weight excluding hydrogens is 354 g/mol. The van der Waals surface area contributed by atoms with Crippen LogP contribution >= 0.6 is 11.6 Å². The van der Waals surface area contributed by atoms with Gasteiger partial charge in [0, 0.05) is 29.9 Å². The molecule has 2 aromatic rings. The van der Waals surface area contributed by atoms with Crippen LogP contribution in [0.3, 0.4) is 0 Å². The highest BCUT2D eigenvalue weighted by Crippen LogP contribution is 2.27. The van der Waals surface area contributed by atoms with Gasteiger partial charge < -0.3 is 15.2 Å². The maximum Gasteiger partial charge on any atom is 0.272 e. The zero-order valence-corrected chi connectivity index (χ0v) is 15.6. The lowest BCUT2D eigenvalue weighted by atomic mass is 10.1. The van der Waals surface area contributed by atoms with Crippen molar-refractivity contribution < 1.29 is 14.6 Å². The molecular formula is C19H24ClN3O3. The molecule has 1 aromatic carbocycles. The third kappa shape index (κ3) is 4.26. The molecule has 1 heterocycles. The zero-order chi connectivity index (χ0) is 18.5. The first kappa shape index (κ1) is 18.9. The van der Waals surface area contributed by atoms with Crippen LogP contribution in [0.15, 0.2) is 24.3 Å². The van der Waals surface area contributed by atoms with Crippen LogP contribution in [0.1, 0.15) is 41.0 Å². The van der Waals surface area contributed by atoms with Gasteiger partial charge in [0.25, 0.3) is 5.91 Å². The van der Waals surface area contributed by atoms with Crippen LogP contribution in [0.2, 0.25) is 5.02 Å². The molecule has 0 saturated heterocycles. The molecule has 1 aromatic heterocycles. The highest BCUT2D eigenvalue weighted by Gasteiger charge is 2.25. The van der Waals surface area contributed by atoms with Crippen molar-refractivity contribution in [1.29, 1.82) is 0 Å². The summed E-state index contributed by atoms with van der Waals surface area (Å²) in [6.07, 6.45) is 4.27. The fourth-order valence-corrected chi connectivity index (χ4v) is 3.43. The van der Waals surface area contributed by atoms with E-state index in [1.54, 1.807) is 0 Å². The van der Waals surface area contributed by atoms with E-state index in [0.29, 0.717) is 10.7 Å². The summed E-state index contributed by atoms with van der Waals surface area (Å²) in [6.45, 7) is 0.312. The second-order valence-corrected chi connectivity index (χ2v) is 6.98. The van der Waals surface area contributed by atoms with Gasteiger partial charge in [0.2, 0.25) is 0 Å². The summed E-state index contributed by atoms with van der Waals surface area (Å²) in [7, 11) is 1.51. The molecule has 26 heavy (non-hydrogen) atoms. The number of amides is 1. The molecule has 0 bridgehead atoms. The number of aromatic nitrogens is 2. The highest BCUT2D eigenvalue weighted by molar-refractivity contribution is 6.30. The van der Waals surface area contributed by atoms with Crippen LogP contribution < -0.4 is 5.32 Å². The lowest BCUT2D eigenvalue weighted by molar-refractivity contribution is 0.0608. The van der Waals surface area contributed by atoms with Crippen molar-refractivity contribution in [2.24, 2.45) is 0 Å². The first-order chi connectivity index (χ1) is 12.6. The number of fused-ring (bicyclic) bond motifs is 1. The van der Waals surface area contributed by atoms with Crippen molar-refractivity contribution in [1.82, 2.24) is 15.1 Å². The summed E-state index contributed by atoms with van der Waals surface area (Å²) in [5.41, 5.74) is 3.44. The number of carbonyl (C=O) groups is 1. The lowest BCUT2D eigenvalue weighted by Crippen LogP contribution is -2.35. The van der Waals surface area contributed by atoms with Crippen LogP contribution in [0.25, 0.3) is 5.69 Å². The van der Waals surface area contributed by atoms with E-state index in [2.05, 4.69) is 10.4 Å². The number of benzene rings is 1. The Bertz CT molecular complexity index is 758. The largest absolute Gasteiger partial charge is 0.389 e. The number of nitrogens with one attached hydrogen (secondary N) is 1. The minimum absolute atomic E-state index is 0.134. The SMILES string of the molecule is COC[C@H](O)CNC(=O)c1nn(-c2ccc(Cl)cc2)c2c1CCCCC2. The Morgan fingerprint density at radius 1 is 1.31 bits per heavy atom. The lowest BCUT2D eigenvalue weighted by Gasteiger charge is -2.10. The predicted octanol–water partition coefficient (Wildman–Crippen LogP) is 2.53. The third-order valence-electron chi connectivity index (χ3n) is 4.57. The van der Waals surface area contributed by atoms with E-state index in [9.17, 15) is 9.90 Å². The number of nitrogens with zero attached hydrogens (tertiary/aromatic N) is 2. The van der Waals surface area contributed by atoms with Crippen molar-refractivity contribution >= 4 is 17.5 Å². The summed E-state index contributed by atoms with van der Waals surface area (Å²) < 4.78 is 6.75. The monoisotopic (exact) mass is 377 g/mol. The molecule has 3 rings (SSSR count). The number of rotatable bonds is 6. The van der Waals surface area contributed by atoms with Gasteiger partial charge in [0.1, 0.15) is 0 Å². The van der Waals surface area contributed by atoms with Gasteiger partial charge in [-0.25, -0.2) is 4.68 Å². The van der Waals surface area contributed by atoms with Gasteiger partial charge in [-0.15, -0.1) is 0 Å². The quantitative estimate of drug-likeness (QED) is 0.758. The number of aliphatic hydroxyl groups is 1. The Balaban J connectivity index is 1.90. The van der Waals surface area contributed by atoms with Crippen molar-refractivity contribution in [3.05, 3.63) is 46.2 Å². The summed E-state index contributed by atoms with van der Waals surface area (Å²) in [6, 6.07) is 7.46. The predicted molar refractivity (Wildman–Crippen MR) is 100 cm³/mol. The van der Waals surface area contributed by atoms with E-state index >= 15 is 0 Å². The summed E-state index contributed by atoms with van der Waals surface area (Å²) in [4.78, 5) is 12.7. The minimum Gasteiger partial charge on any atom is -0.389 e. The van der Waals surface area contributed by atoms with E-state index in [4.69, 9.17) is 16.3 Å². The number of aliphatic hydroxyl groups excluding tert-OH is 1. The van der Waals surface area contributed by atoms with Gasteiger partial charge in [-0.3, -0.25) is 4.79 Å². The summed E-state index contributed by atoms with van der Waals surface area (Å²) in [5.74, 6) is -0.258. The van der Waals surface area contributed by atoms with Crippen molar-refractivity contribution in [2.75, 3.05) is 20.3 Å². The molecule has 0 radical (unpaired) electrons. The average molecular weight is 378 g/mol. The fourth-order valence-electron chi connectivity index (χ4n) is 3.30. The minimum atomic E-state index is -0.735. The number of methoxy groups -OCH3 is 1. The molecule has 0 fully saturated rings. The first-order valence-corrected chi connectivity index (χ1v) is 9.30. The standard InChI is InChI=1S/C19H24ClN3O3/c1-26-12-15(24)11-21-19(25)18-16-5-3-2-4-6-17(16)23(22-18)14-9-7-13(20)8-10-14/h7-10,15,24H,2-6,11-12H2,1H3,(H,21,25)/t15-/m1/s1. The van der Waals surface area contributed by atoms with Crippen LogP contribution in [0.4, 0.5) is 0 Å². The number of halogens is 1. The molecule has 7 heteroatoms. The molecule has 0 unspecified atom stereocenters. The second-order valence-electron chi connectivity index (χ2n) is 6.54. The van der Waals surface area contributed by atoms with E-state index < -0.39 is 6.10 Å². The van der Waals surface area contributed by atoms with Crippen molar-refractivity contribution in [3.63, 3.8) is 0 Å². The zero-order valence-electron chi connectivity index (χ0n) is 14.9. The molecule has 1 aliphatic rings. The Hall–Kier alpha value is -1.89. The third-order valence-corrected chi connectivity index (χ3v) is 4.83. The number of ether oxygens (including phenoxy) is 1. The maximum atomic E-state index is 12.7. The molecule has 0 spiro atoms. The van der Waals surface area contributed by atoms with Gasteiger partial charge in [0.15, 0.2) is 5.69 Å². The van der Waals surface area contributed by atoms with Crippen LogP contribution in [-0.4, -0.2) is 47.2 Å². The van der Waals surface area contributed by atoms with Crippen molar-refractivity contribution in [3.8, 4) is 5.69 Å². The van der Waals surface area contributed by atoms with Crippen LogP contribution in [-0.2, 0) is 17.6 Å². The Kier molecular flexibility index (Phi) is 6.29. The smallest absolute Gasteiger partial charge is 0.272 e. The van der Waals surface area contributed by atoms with Gasteiger partial charge in [-0.1, -0.05) is 18.0 Å². The normalized spacial score (nSPS) is 15.2. The molecule has 140 valence electrons. The maximum absolute atomic E-state index is 12.7. The molecule has 0 aliphatic heterocycles. The topological polar surface area (TPSA) is 76.4 Å². The number of hydrogen-bond acceptors (Lipinski definition) is 4. The van der Waals surface area contributed by atoms with Crippen LogP contribution in [0, 0.1) is 0 Å². The molecule has 1 atom stereocenters. The summed E-state index contributed by atoms with van der Waals surface area (Å²) in [5, 5.41) is 17.8. The van der Waals surface area contributed by atoms with Crippen LogP contribution in [0.5, 0.6) is 0 Å². The van der Waals surface area contributed by atoms with Gasteiger partial charge in [-0.2, -0.15) is 5.10 Å². The molecule has 6 nitrogen and oxygen atoms in total. The summed E-state index contributed by atoms with van der Waals surface area (Å²) >= 11 is 5.99. The van der Waals surface area contributed by atoms with Gasteiger partial charge >= 0.3 is 0 Å². The average Bonchev–Trinajstić information content (AvgIpc) is 2.82. The van der Waals surface area contributed by atoms with E-state index in [0.717, 1.165) is 49.0 Å². The Labute approximate surface area is 158 Å². The van der Waals surface area contributed by atoms with Gasteiger partial charge in [0.05, 0.1) is 18.4 Å². The Morgan fingerprint density at radius 2 is 2.04 bits per heavy atom. The van der Waals surface area contributed by atoms with Crippen molar-refractivity contribution in [2.45, 2.75) is 38.2 Å². The second kappa shape index (κ2) is 8.66. The van der Waals surface area contributed by atoms with E-state index in [1.807, 2.05) is 28.9 Å². The molecule has 2 N–H and O–H groups in total. The molecule has 1 aliphatic carbocycles. The highest BCUT2D eigenvalue weighted by atomic mass is 35.5. The number of carbonyl (C=O) groups excluding carboxylic acids is 1. The van der Waals surface area contributed by atoms with Gasteiger partial charge in [-0.05, 0) is 49.9 Å². The molecule has 1 amide bonds. The Morgan fingerprint density at radius 3 is 2.77 bits per heavy atom. The number of hydrogen-bond donors (Lipinski definition) is 2.